The van der Waals surface area contributed by atoms with E-state index in [9.17, 15) is 0 Å². The number of hydrogen-bond acceptors (Lipinski definition) is 5. The van der Waals surface area contributed by atoms with Gasteiger partial charge in [0.15, 0.2) is 0 Å². The molecule has 0 radical (unpaired) electrons. The first-order chi connectivity index (χ1) is 10.3. The van der Waals surface area contributed by atoms with Crippen LogP contribution in [0.5, 0.6) is 0 Å². The van der Waals surface area contributed by atoms with Crippen LogP contribution in [0.4, 0.5) is 0 Å². The Labute approximate surface area is 124 Å². The third-order valence-electron chi connectivity index (χ3n) is 3.93. The maximum atomic E-state index is 5.81. The summed E-state index contributed by atoms with van der Waals surface area (Å²) < 4.78 is 11.3. The van der Waals surface area contributed by atoms with E-state index in [1.165, 1.54) is 0 Å². The summed E-state index contributed by atoms with van der Waals surface area (Å²) in [5, 5.41) is 7.55. The SMILES string of the molecule is CCOC(c1ccccc1)c1noc(C2NCCC2C)n1. The van der Waals surface area contributed by atoms with Gasteiger partial charge < -0.3 is 14.6 Å². The van der Waals surface area contributed by atoms with Crippen molar-refractivity contribution in [3.05, 3.63) is 47.6 Å². The summed E-state index contributed by atoms with van der Waals surface area (Å²) in [4.78, 5) is 4.57. The van der Waals surface area contributed by atoms with Crippen LogP contribution in [0.15, 0.2) is 34.9 Å². The quantitative estimate of drug-likeness (QED) is 0.916. The molecule has 1 aromatic heterocycles. The van der Waals surface area contributed by atoms with Gasteiger partial charge in [-0.2, -0.15) is 4.98 Å². The lowest BCUT2D eigenvalue weighted by atomic mass is 10.0. The van der Waals surface area contributed by atoms with Gasteiger partial charge in [0.1, 0.15) is 6.10 Å². The highest BCUT2D eigenvalue weighted by molar-refractivity contribution is 5.22. The maximum absolute atomic E-state index is 5.81. The van der Waals surface area contributed by atoms with Gasteiger partial charge in [-0.3, -0.25) is 0 Å². The van der Waals surface area contributed by atoms with Crippen LogP contribution < -0.4 is 5.32 Å². The van der Waals surface area contributed by atoms with Crippen LogP contribution in [0.3, 0.4) is 0 Å². The number of aromatic nitrogens is 2. The molecule has 1 aliphatic heterocycles. The van der Waals surface area contributed by atoms with Gasteiger partial charge in [0, 0.05) is 6.61 Å². The van der Waals surface area contributed by atoms with Crippen LogP contribution in [0.1, 0.15) is 49.7 Å². The van der Waals surface area contributed by atoms with E-state index in [1.54, 1.807) is 0 Å². The van der Waals surface area contributed by atoms with Crippen molar-refractivity contribution in [2.45, 2.75) is 32.4 Å². The topological polar surface area (TPSA) is 60.2 Å². The second-order valence-corrected chi connectivity index (χ2v) is 5.43. The van der Waals surface area contributed by atoms with Crippen LogP contribution in [0, 0.1) is 5.92 Å². The standard InChI is InChI=1S/C16H21N3O2/c1-3-20-14(12-7-5-4-6-8-12)15-18-16(21-19-15)13-11(2)9-10-17-13/h4-8,11,13-14,17H,3,9-10H2,1-2H3. The first kappa shape index (κ1) is 14.2. The average molecular weight is 287 g/mol. The lowest BCUT2D eigenvalue weighted by molar-refractivity contribution is 0.0833. The minimum atomic E-state index is -0.273. The highest BCUT2D eigenvalue weighted by Crippen LogP contribution is 2.30. The van der Waals surface area contributed by atoms with Crippen molar-refractivity contribution in [2.24, 2.45) is 5.92 Å². The third-order valence-corrected chi connectivity index (χ3v) is 3.93. The molecule has 1 fully saturated rings. The fourth-order valence-corrected chi connectivity index (χ4v) is 2.76. The Kier molecular flexibility index (Phi) is 4.31. The van der Waals surface area contributed by atoms with Crippen molar-refractivity contribution in [3.8, 4) is 0 Å². The van der Waals surface area contributed by atoms with E-state index in [2.05, 4.69) is 22.4 Å². The molecule has 3 atom stereocenters. The van der Waals surface area contributed by atoms with Crippen molar-refractivity contribution in [2.75, 3.05) is 13.2 Å². The Morgan fingerprint density at radius 1 is 1.38 bits per heavy atom. The lowest BCUT2D eigenvalue weighted by Gasteiger charge is -2.13. The van der Waals surface area contributed by atoms with Crippen LogP contribution in [0.2, 0.25) is 0 Å². The van der Waals surface area contributed by atoms with E-state index in [0.717, 1.165) is 18.5 Å². The van der Waals surface area contributed by atoms with Crippen molar-refractivity contribution in [1.82, 2.24) is 15.5 Å². The predicted molar refractivity (Wildman–Crippen MR) is 78.7 cm³/mol. The van der Waals surface area contributed by atoms with E-state index in [0.29, 0.717) is 24.2 Å². The number of ether oxygens (including phenoxy) is 1. The molecule has 1 N–H and O–H groups in total. The third kappa shape index (κ3) is 2.99. The molecular formula is C16H21N3O2. The average Bonchev–Trinajstić information content (AvgIpc) is 3.14. The van der Waals surface area contributed by atoms with E-state index < -0.39 is 0 Å². The molecule has 2 aromatic rings. The van der Waals surface area contributed by atoms with Gasteiger partial charge in [-0.25, -0.2) is 0 Å². The molecule has 5 heteroatoms. The number of rotatable bonds is 5. The molecule has 0 aliphatic carbocycles. The van der Waals surface area contributed by atoms with Gasteiger partial charge in [-0.05, 0) is 31.4 Å². The van der Waals surface area contributed by atoms with Crippen molar-refractivity contribution >= 4 is 0 Å². The molecule has 0 spiro atoms. The summed E-state index contributed by atoms with van der Waals surface area (Å²) >= 11 is 0. The predicted octanol–water partition coefficient (Wildman–Crippen LogP) is 2.87. The Bertz CT molecular complexity index is 570. The largest absolute Gasteiger partial charge is 0.366 e. The Morgan fingerprint density at radius 3 is 2.86 bits per heavy atom. The van der Waals surface area contributed by atoms with Gasteiger partial charge in [0.2, 0.25) is 11.7 Å². The molecule has 21 heavy (non-hydrogen) atoms. The van der Waals surface area contributed by atoms with E-state index >= 15 is 0 Å². The molecule has 5 nitrogen and oxygen atoms in total. The zero-order valence-electron chi connectivity index (χ0n) is 12.5. The molecule has 1 aliphatic rings. The minimum absolute atomic E-state index is 0.157. The smallest absolute Gasteiger partial charge is 0.244 e. The van der Waals surface area contributed by atoms with Crippen molar-refractivity contribution in [1.29, 1.82) is 0 Å². The van der Waals surface area contributed by atoms with Gasteiger partial charge in [0.05, 0.1) is 6.04 Å². The van der Waals surface area contributed by atoms with E-state index in [4.69, 9.17) is 9.26 Å². The van der Waals surface area contributed by atoms with Crippen molar-refractivity contribution < 1.29 is 9.26 Å². The number of nitrogens with zero attached hydrogens (tertiary/aromatic N) is 2. The molecule has 112 valence electrons. The van der Waals surface area contributed by atoms with Crippen LogP contribution in [-0.2, 0) is 4.74 Å². The van der Waals surface area contributed by atoms with Gasteiger partial charge >= 0.3 is 0 Å². The molecule has 0 amide bonds. The molecule has 2 heterocycles. The van der Waals surface area contributed by atoms with Gasteiger partial charge in [-0.1, -0.05) is 42.4 Å². The summed E-state index contributed by atoms with van der Waals surface area (Å²) in [6, 6.07) is 10.2. The summed E-state index contributed by atoms with van der Waals surface area (Å²) in [5.74, 6) is 1.77. The Morgan fingerprint density at radius 2 is 2.19 bits per heavy atom. The fourth-order valence-electron chi connectivity index (χ4n) is 2.76. The first-order valence-electron chi connectivity index (χ1n) is 7.53. The minimum Gasteiger partial charge on any atom is -0.366 e. The van der Waals surface area contributed by atoms with E-state index in [-0.39, 0.29) is 12.1 Å². The molecule has 3 rings (SSSR count). The monoisotopic (exact) mass is 287 g/mol. The number of nitrogens with one attached hydrogen (secondary N) is 1. The van der Waals surface area contributed by atoms with Crippen molar-refractivity contribution in [3.63, 3.8) is 0 Å². The summed E-state index contributed by atoms with van der Waals surface area (Å²) in [5.41, 5.74) is 1.04. The number of hydrogen-bond donors (Lipinski definition) is 1. The molecule has 0 saturated carbocycles. The van der Waals surface area contributed by atoms with Gasteiger partial charge in [-0.15, -0.1) is 0 Å². The van der Waals surface area contributed by atoms with Crippen LogP contribution in [0.25, 0.3) is 0 Å². The Hall–Kier alpha value is -1.72. The maximum Gasteiger partial charge on any atom is 0.244 e. The normalized spacial score (nSPS) is 23.3. The zero-order valence-corrected chi connectivity index (χ0v) is 12.5. The summed E-state index contributed by atoms with van der Waals surface area (Å²) in [6.07, 6.45) is 0.862. The second-order valence-electron chi connectivity index (χ2n) is 5.43. The highest BCUT2D eigenvalue weighted by atomic mass is 16.5. The van der Waals surface area contributed by atoms with Crippen LogP contribution >= 0.6 is 0 Å². The number of benzene rings is 1. The fraction of sp³-hybridized carbons (Fsp3) is 0.500. The highest BCUT2D eigenvalue weighted by Gasteiger charge is 2.30. The first-order valence-corrected chi connectivity index (χ1v) is 7.53. The summed E-state index contributed by atoms with van der Waals surface area (Å²) in [6.45, 7) is 5.77. The second kappa shape index (κ2) is 6.37. The molecule has 1 saturated heterocycles. The van der Waals surface area contributed by atoms with E-state index in [1.807, 2.05) is 37.3 Å². The molecule has 3 unspecified atom stereocenters. The molecule has 0 bridgehead atoms. The molecular weight excluding hydrogens is 266 g/mol. The Balaban J connectivity index is 1.85. The zero-order chi connectivity index (χ0) is 14.7. The lowest BCUT2D eigenvalue weighted by Crippen LogP contribution is -2.17. The summed E-state index contributed by atoms with van der Waals surface area (Å²) in [7, 11) is 0. The molecule has 1 aromatic carbocycles. The van der Waals surface area contributed by atoms with Crippen LogP contribution in [-0.4, -0.2) is 23.3 Å². The van der Waals surface area contributed by atoms with Gasteiger partial charge in [0.25, 0.3) is 0 Å².